The lowest BCUT2D eigenvalue weighted by atomic mass is 10.0. The minimum Gasteiger partial charge on any atom is -0.435 e. The molecule has 82 valence electrons. The molecule has 0 aromatic heterocycles. The zero-order chi connectivity index (χ0) is 11.4. The van der Waals surface area contributed by atoms with Crippen molar-refractivity contribution in [2.75, 3.05) is 0 Å². The van der Waals surface area contributed by atoms with Gasteiger partial charge in [0.25, 0.3) is 0 Å². The Morgan fingerprint density at radius 3 is 2.67 bits per heavy atom. The molecule has 0 aliphatic rings. The molecule has 1 aromatic carbocycles. The number of alkyl halides is 2. The average molecular weight is 235 g/mol. The van der Waals surface area contributed by atoms with Crippen molar-refractivity contribution in [2.45, 2.75) is 19.5 Å². The highest BCUT2D eigenvalue weighted by molar-refractivity contribution is 6.30. The molecule has 0 aliphatic carbocycles. The van der Waals surface area contributed by atoms with Crippen molar-refractivity contribution in [1.82, 2.24) is 0 Å². The summed E-state index contributed by atoms with van der Waals surface area (Å²) >= 11 is 5.70. The van der Waals surface area contributed by atoms with Gasteiger partial charge in [0.2, 0.25) is 0 Å². The number of carbonyl (C=O) groups excluding carboxylic acids is 1. The number of hydrogen-bond donors (Lipinski definition) is 0. The van der Waals surface area contributed by atoms with E-state index in [0.717, 1.165) is 0 Å². The minimum absolute atomic E-state index is 0.0194. The van der Waals surface area contributed by atoms with Crippen molar-refractivity contribution >= 4 is 17.9 Å². The number of ether oxygens (including phenoxy) is 1. The first-order valence-electron chi connectivity index (χ1n) is 4.24. The van der Waals surface area contributed by atoms with Gasteiger partial charge in [0, 0.05) is 16.5 Å². The molecule has 0 spiro atoms. The molecule has 5 heteroatoms. The maximum atomic E-state index is 12.0. The largest absolute Gasteiger partial charge is 0.435 e. The maximum absolute atomic E-state index is 12.0. The normalized spacial score (nSPS) is 12.6. The molecule has 0 radical (unpaired) electrons. The molecule has 2 nitrogen and oxygen atoms in total. The van der Waals surface area contributed by atoms with Gasteiger partial charge in [-0.2, -0.15) is 8.78 Å². The molecule has 0 N–H and O–H groups in total. The third-order valence-electron chi connectivity index (χ3n) is 1.88. The highest BCUT2D eigenvalue weighted by atomic mass is 35.5. The number of rotatable bonds is 4. The third kappa shape index (κ3) is 3.16. The predicted octanol–water partition coefficient (Wildman–Crippen LogP) is 3.24. The van der Waals surface area contributed by atoms with Gasteiger partial charge >= 0.3 is 6.61 Å². The Balaban J connectivity index is 3.08. The van der Waals surface area contributed by atoms with Crippen LogP contribution in [0.3, 0.4) is 0 Å². The van der Waals surface area contributed by atoms with Gasteiger partial charge in [-0.25, -0.2) is 0 Å². The average Bonchev–Trinajstić information content (AvgIpc) is 2.19. The van der Waals surface area contributed by atoms with Gasteiger partial charge in [0.1, 0.15) is 12.0 Å². The lowest BCUT2D eigenvalue weighted by Gasteiger charge is -2.12. The zero-order valence-electron chi connectivity index (χ0n) is 7.91. The molecule has 0 saturated heterocycles. The summed E-state index contributed by atoms with van der Waals surface area (Å²) in [5, 5.41) is 0.375. The van der Waals surface area contributed by atoms with Crippen molar-refractivity contribution in [1.29, 1.82) is 0 Å². The smallest absolute Gasteiger partial charge is 0.387 e. The van der Waals surface area contributed by atoms with Gasteiger partial charge in [-0.3, -0.25) is 0 Å². The number of aldehydes is 1. The Labute approximate surface area is 90.8 Å². The van der Waals surface area contributed by atoms with Crippen LogP contribution in [0.1, 0.15) is 18.4 Å². The molecule has 0 saturated carbocycles. The molecule has 1 unspecified atom stereocenters. The van der Waals surface area contributed by atoms with Crippen molar-refractivity contribution in [3.05, 3.63) is 28.8 Å². The van der Waals surface area contributed by atoms with Gasteiger partial charge < -0.3 is 9.53 Å². The van der Waals surface area contributed by atoms with Crippen molar-refractivity contribution in [3.8, 4) is 5.75 Å². The van der Waals surface area contributed by atoms with Gasteiger partial charge in [0.15, 0.2) is 0 Å². The van der Waals surface area contributed by atoms with E-state index in [1.54, 1.807) is 6.92 Å². The number of hydrogen-bond acceptors (Lipinski definition) is 2. The SMILES string of the molecule is CC(C=O)c1cc(Cl)ccc1OC(F)F. The van der Waals surface area contributed by atoms with E-state index in [0.29, 0.717) is 16.9 Å². The summed E-state index contributed by atoms with van der Waals surface area (Å²) in [6, 6.07) is 4.20. The van der Waals surface area contributed by atoms with Gasteiger partial charge in [-0.15, -0.1) is 0 Å². The van der Waals surface area contributed by atoms with E-state index in [9.17, 15) is 13.6 Å². The van der Waals surface area contributed by atoms with E-state index in [-0.39, 0.29) is 5.75 Å². The molecule has 1 rings (SSSR count). The van der Waals surface area contributed by atoms with E-state index < -0.39 is 12.5 Å². The molecule has 0 bridgehead atoms. The summed E-state index contributed by atoms with van der Waals surface area (Å²) in [6.07, 6.45) is 0.643. The third-order valence-corrected chi connectivity index (χ3v) is 2.12. The summed E-state index contributed by atoms with van der Waals surface area (Å²) in [5.74, 6) is -0.550. The Hall–Kier alpha value is -1.16. The van der Waals surface area contributed by atoms with Crippen molar-refractivity contribution in [3.63, 3.8) is 0 Å². The van der Waals surface area contributed by atoms with Crippen molar-refractivity contribution < 1.29 is 18.3 Å². The standard InChI is InChI=1S/C10H9ClF2O2/c1-6(5-14)8-4-7(11)2-3-9(8)15-10(12)13/h2-6,10H,1H3. The molecule has 1 aromatic rings. The fourth-order valence-corrected chi connectivity index (χ4v) is 1.33. The summed E-state index contributed by atoms with van der Waals surface area (Å²) in [4.78, 5) is 10.6. The highest BCUT2D eigenvalue weighted by Gasteiger charge is 2.14. The molecule has 0 fully saturated rings. The van der Waals surface area contributed by atoms with Crippen LogP contribution in [0.5, 0.6) is 5.75 Å². The van der Waals surface area contributed by atoms with Crippen LogP contribution in [-0.4, -0.2) is 12.9 Å². The first-order valence-corrected chi connectivity index (χ1v) is 4.62. The number of halogens is 3. The second-order valence-corrected chi connectivity index (χ2v) is 3.42. The first-order chi connectivity index (χ1) is 7.04. The van der Waals surface area contributed by atoms with Crippen LogP contribution in [-0.2, 0) is 4.79 Å². The monoisotopic (exact) mass is 234 g/mol. The van der Waals surface area contributed by atoms with E-state index in [2.05, 4.69) is 4.74 Å². The van der Waals surface area contributed by atoms with Crippen LogP contribution in [0.15, 0.2) is 18.2 Å². The van der Waals surface area contributed by atoms with Gasteiger partial charge in [-0.1, -0.05) is 18.5 Å². The topological polar surface area (TPSA) is 26.3 Å². The Bertz CT molecular complexity index is 355. The van der Waals surface area contributed by atoms with Crippen LogP contribution in [0.4, 0.5) is 8.78 Å². The zero-order valence-corrected chi connectivity index (χ0v) is 8.67. The number of benzene rings is 1. The Morgan fingerprint density at radius 2 is 2.13 bits per heavy atom. The molecular weight excluding hydrogens is 226 g/mol. The van der Waals surface area contributed by atoms with E-state index >= 15 is 0 Å². The Kier molecular flexibility index (Phi) is 4.03. The summed E-state index contributed by atoms with van der Waals surface area (Å²) in [7, 11) is 0. The van der Waals surface area contributed by atoms with E-state index in [1.807, 2.05) is 0 Å². The van der Waals surface area contributed by atoms with Crippen LogP contribution < -0.4 is 4.74 Å². The highest BCUT2D eigenvalue weighted by Crippen LogP contribution is 2.29. The fourth-order valence-electron chi connectivity index (χ4n) is 1.15. The summed E-state index contributed by atoms with van der Waals surface area (Å²) in [6.45, 7) is -1.33. The Morgan fingerprint density at radius 1 is 1.47 bits per heavy atom. The second-order valence-electron chi connectivity index (χ2n) is 2.99. The first kappa shape index (κ1) is 11.9. The lowest BCUT2D eigenvalue weighted by Crippen LogP contribution is -2.06. The number of carbonyl (C=O) groups is 1. The van der Waals surface area contributed by atoms with Crippen LogP contribution in [0.25, 0.3) is 0 Å². The summed E-state index contributed by atoms with van der Waals surface area (Å²) < 4.78 is 28.3. The molecule has 1 atom stereocenters. The second kappa shape index (κ2) is 5.07. The van der Waals surface area contributed by atoms with Crippen LogP contribution in [0, 0.1) is 0 Å². The van der Waals surface area contributed by atoms with Crippen LogP contribution >= 0.6 is 11.6 Å². The van der Waals surface area contributed by atoms with Crippen molar-refractivity contribution in [2.24, 2.45) is 0 Å². The molecular formula is C10H9ClF2O2. The van der Waals surface area contributed by atoms with Gasteiger partial charge in [-0.05, 0) is 18.2 Å². The minimum atomic E-state index is -2.91. The predicted molar refractivity (Wildman–Crippen MR) is 52.6 cm³/mol. The lowest BCUT2D eigenvalue weighted by molar-refractivity contribution is -0.108. The van der Waals surface area contributed by atoms with Crippen LogP contribution in [0.2, 0.25) is 5.02 Å². The van der Waals surface area contributed by atoms with E-state index in [4.69, 9.17) is 11.6 Å². The summed E-state index contributed by atoms with van der Waals surface area (Å²) in [5.41, 5.74) is 0.359. The molecule has 0 aliphatic heterocycles. The maximum Gasteiger partial charge on any atom is 0.387 e. The van der Waals surface area contributed by atoms with E-state index in [1.165, 1.54) is 18.2 Å². The molecule has 15 heavy (non-hydrogen) atoms. The molecule has 0 amide bonds. The van der Waals surface area contributed by atoms with Gasteiger partial charge in [0.05, 0.1) is 0 Å². The molecule has 0 heterocycles. The quantitative estimate of drug-likeness (QED) is 0.748. The fraction of sp³-hybridized carbons (Fsp3) is 0.300.